The molecular weight excluding hydrogens is 156 g/mol. The van der Waals surface area contributed by atoms with Crippen molar-refractivity contribution >= 4 is 17.9 Å². The van der Waals surface area contributed by atoms with E-state index in [2.05, 4.69) is 0 Å². The van der Waals surface area contributed by atoms with Crippen molar-refractivity contribution in [1.29, 1.82) is 0 Å². The number of anilines is 1. The number of aldehydes is 1. The first-order chi connectivity index (χ1) is 5.66. The van der Waals surface area contributed by atoms with Crippen LogP contribution >= 0.6 is 0 Å². The third-order valence-electron chi connectivity index (χ3n) is 1.53. The fourth-order valence-electron chi connectivity index (χ4n) is 0.901. The first-order valence-corrected chi connectivity index (χ1v) is 3.30. The van der Waals surface area contributed by atoms with E-state index in [4.69, 9.17) is 11.5 Å². The minimum atomic E-state index is -0.629. The summed E-state index contributed by atoms with van der Waals surface area (Å²) in [6.45, 7) is 0. The number of rotatable bonds is 2. The largest absolute Gasteiger partial charge is 0.397 e. The first-order valence-electron chi connectivity index (χ1n) is 3.30. The maximum atomic E-state index is 10.7. The maximum absolute atomic E-state index is 10.7. The number of carbonyl (C=O) groups is 2. The highest BCUT2D eigenvalue weighted by Crippen LogP contribution is 2.14. The number of carbonyl (C=O) groups excluding carboxylic acids is 2. The summed E-state index contributed by atoms with van der Waals surface area (Å²) in [5.41, 5.74) is 11.1. The Labute approximate surface area is 69.2 Å². The number of nitrogens with two attached hydrogens (primary N) is 2. The lowest BCUT2D eigenvalue weighted by molar-refractivity contribution is 0.100. The molecule has 0 bridgehead atoms. The van der Waals surface area contributed by atoms with Crippen LogP contribution in [-0.4, -0.2) is 12.2 Å². The summed E-state index contributed by atoms with van der Waals surface area (Å²) >= 11 is 0. The van der Waals surface area contributed by atoms with Gasteiger partial charge in [0.1, 0.15) is 0 Å². The van der Waals surface area contributed by atoms with E-state index in [0.29, 0.717) is 6.29 Å². The molecule has 1 amide bonds. The fraction of sp³-hybridized carbons (Fsp3) is 0. The zero-order valence-corrected chi connectivity index (χ0v) is 6.28. The Bertz CT molecular complexity index is 334. The molecular formula is C8H8N2O2. The summed E-state index contributed by atoms with van der Waals surface area (Å²) in [5.74, 6) is -0.629. The van der Waals surface area contributed by atoms with Gasteiger partial charge in [-0.15, -0.1) is 0 Å². The highest BCUT2D eigenvalue weighted by molar-refractivity contribution is 6.01. The monoisotopic (exact) mass is 164 g/mol. The summed E-state index contributed by atoms with van der Waals surface area (Å²) in [4.78, 5) is 21.1. The average Bonchev–Trinajstić information content (AvgIpc) is 2.04. The Balaban J connectivity index is 3.32. The van der Waals surface area contributed by atoms with Crippen molar-refractivity contribution in [3.63, 3.8) is 0 Å². The molecule has 0 unspecified atom stereocenters. The minimum Gasteiger partial charge on any atom is -0.397 e. The fourth-order valence-corrected chi connectivity index (χ4v) is 0.901. The van der Waals surface area contributed by atoms with Crippen LogP contribution in [0.2, 0.25) is 0 Å². The van der Waals surface area contributed by atoms with E-state index in [-0.39, 0.29) is 16.8 Å². The van der Waals surface area contributed by atoms with Gasteiger partial charge in [-0.2, -0.15) is 0 Å². The molecule has 0 aromatic heterocycles. The van der Waals surface area contributed by atoms with Crippen LogP contribution in [0.1, 0.15) is 20.7 Å². The second kappa shape index (κ2) is 3.04. The molecule has 1 aromatic carbocycles. The molecule has 0 heterocycles. The highest BCUT2D eigenvalue weighted by Gasteiger charge is 2.07. The van der Waals surface area contributed by atoms with E-state index in [1.165, 1.54) is 12.1 Å². The summed E-state index contributed by atoms with van der Waals surface area (Å²) in [6.07, 6.45) is 0.585. The van der Waals surface area contributed by atoms with Gasteiger partial charge in [-0.05, 0) is 12.1 Å². The van der Waals surface area contributed by atoms with Gasteiger partial charge >= 0.3 is 0 Å². The van der Waals surface area contributed by atoms with Gasteiger partial charge in [-0.25, -0.2) is 0 Å². The Morgan fingerprint density at radius 1 is 1.42 bits per heavy atom. The van der Waals surface area contributed by atoms with Crippen LogP contribution in [0.3, 0.4) is 0 Å². The molecule has 1 aromatic rings. The van der Waals surface area contributed by atoms with Gasteiger partial charge in [-0.3, -0.25) is 9.59 Å². The van der Waals surface area contributed by atoms with Crippen molar-refractivity contribution in [2.75, 3.05) is 5.73 Å². The first kappa shape index (κ1) is 8.26. The molecule has 0 aliphatic rings. The van der Waals surface area contributed by atoms with Gasteiger partial charge in [0.25, 0.3) is 5.91 Å². The quantitative estimate of drug-likeness (QED) is 0.483. The molecule has 0 fully saturated rings. The van der Waals surface area contributed by atoms with Gasteiger partial charge in [0, 0.05) is 5.56 Å². The van der Waals surface area contributed by atoms with Crippen molar-refractivity contribution in [1.82, 2.24) is 0 Å². The van der Waals surface area contributed by atoms with Crippen molar-refractivity contribution in [2.24, 2.45) is 5.73 Å². The smallest absolute Gasteiger partial charge is 0.250 e. The molecule has 0 atom stereocenters. The number of para-hydroxylation sites is 1. The lowest BCUT2D eigenvalue weighted by Crippen LogP contribution is -2.14. The van der Waals surface area contributed by atoms with Crippen LogP contribution in [0, 0.1) is 0 Å². The molecule has 0 spiro atoms. The number of benzene rings is 1. The molecule has 1 rings (SSSR count). The molecule has 0 aliphatic carbocycles. The predicted molar refractivity (Wildman–Crippen MR) is 44.8 cm³/mol. The van der Waals surface area contributed by atoms with Gasteiger partial charge < -0.3 is 11.5 Å². The van der Waals surface area contributed by atoms with Crippen molar-refractivity contribution in [2.45, 2.75) is 0 Å². The SMILES string of the molecule is NC(=O)c1cccc(C=O)c1N. The zero-order chi connectivity index (χ0) is 9.14. The number of hydrogen-bond acceptors (Lipinski definition) is 3. The highest BCUT2D eigenvalue weighted by atomic mass is 16.1. The second-order valence-corrected chi connectivity index (χ2v) is 2.29. The second-order valence-electron chi connectivity index (χ2n) is 2.29. The lowest BCUT2D eigenvalue weighted by atomic mass is 10.1. The van der Waals surface area contributed by atoms with E-state index in [1.807, 2.05) is 0 Å². The number of primary amides is 1. The average molecular weight is 164 g/mol. The Morgan fingerprint density at radius 2 is 2.08 bits per heavy atom. The van der Waals surface area contributed by atoms with Gasteiger partial charge in [-0.1, -0.05) is 6.07 Å². The molecule has 0 radical (unpaired) electrons. The molecule has 0 aliphatic heterocycles. The summed E-state index contributed by atoms with van der Waals surface area (Å²) in [5, 5.41) is 0. The van der Waals surface area contributed by atoms with Gasteiger partial charge in [0.05, 0.1) is 11.3 Å². The van der Waals surface area contributed by atoms with Crippen LogP contribution in [0.15, 0.2) is 18.2 Å². The maximum Gasteiger partial charge on any atom is 0.250 e. The van der Waals surface area contributed by atoms with E-state index >= 15 is 0 Å². The lowest BCUT2D eigenvalue weighted by Gasteiger charge is -2.02. The van der Waals surface area contributed by atoms with Gasteiger partial charge in [0.2, 0.25) is 0 Å². The molecule has 0 saturated heterocycles. The number of hydrogen-bond donors (Lipinski definition) is 2. The Kier molecular flexibility index (Phi) is 2.09. The summed E-state index contributed by atoms with van der Waals surface area (Å²) in [6, 6.07) is 4.56. The van der Waals surface area contributed by atoms with E-state index in [9.17, 15) is 9.59 Å². The number of nitrogen functional groups attached to an aromatic ring is 1. The molecule has 4 N–H and O–H groups in total. The summed E-state index contributed by atoms with van der Waals surface area (Å²) in [7, 11) is 0. The van der Waals surface area contributed by atoms with E-state index < -0.39 is 5.91 Å². The third-order valence-corrected chi connectivity index (χ3v) is 1.53. The van der Waals surface area contributed by atoms with E-state index in [1.54, 1.807) is 6.07 Å². The zero-order valence-electron chi connectivity index (χ0n) is 6.28. The topological polar surface area (TPSA) is 86.2 Å². The van der Waals surface area contributed by atoms with Crippen LogP contribution in [0.5, 0.6) is 0 Å². The van der Waals surface area contributed by atoms with Crippen LogP contribution in [0.4, 0.5) is 5.69 Å². The Hall–Kier alpha value is -1.84. The van der Waals surface area contributed by atoms with Crippen molar-refractivity contribution in [3.8, 4) is 0 Å². The third kappa shape index (κ3) is 1.27. The molecule has 0 saturated carbocycles. The Morgan fingerprint density at radius 3 is 2.58 bits per heavy atom. The summed E-state index contributed by atoms with van der Waals surface area (Å²) < 4.78 is 0. The van der Waals surface area contributed by atoms with Crippen LogP contribution in [0.25, 0.3) is 0 Å². The standard InChI is InChI=1S/C8H8N2O2/c9-7-5(4-11)2-1-3-6(7)8(10)12/h1-4H,9H2,(H2,10,12). The normalized spacial score (nSPS) is 9.33. The molecule has 62 valence electrons. The predicted octanol–water partition coefficient (Wildman–Crippen LogP) is 0.180. The molecule has 4 nitrogen and oxygen atoms in total. The van der Waals surface area contributed by atoms with E-state index in [0.717, 1.165) is 0 Å². The number of amides is 1. The van der Waals surface area contributed by atoms with Crippen LogP contribution < -0.4 is 11.5 Å². The van der Waals surface area contributed by atoms with Crippen LogP contribution in [-0.2, 0) is 0 Å². The molecule has 12 heavy (non-hydrogen) atoms. The molecule has 4 heteroatoms. The van der Waals surface area contributed by atoms with Gasteiger partial charge in [0.15, 0.2) is 6.29 Å². The van der Waals surface area contributed by atoms with Crippen molar-refractivity contribution in [3.05, 3.63) is 29.3 Å². The van der Waals surface area contributed by atoms with Crippen molar-refractivity contribution < 1.29 is 9.59 Å². The minimum absolute atomic E-state index is 0.139.